The van der Waals surface area contributed by atoms with E-state index in [9.17, 15) is 28.4 Å². The van der Waals surface area contributed by atoms with Crippen molar-refractivity contribution in [2.24, 2.45) is 5.92 Å². The third kappa shape index (κ3) is 6.96. The molecule has 3 aliphatic rings. The molecule has 0 spiro atoms. The van der Waals surface area contributed by atoms with E-state index in [1.54, 1.807) is 41.6 Å². The van der Waals surface area contributed by atoms with Crippen LogP contribution < -0.4 is 15.5 Å². The Kier molecular flexibility index (Phi) is 8.86. The number of aromatic nitrogens is 1. The van der Waals surface area contributed by atoms with Gasteiger partial charge in [-0.3, -0.25) is 33.9 Å². The van der Waals surface area contributed by atoms with Crippen LogP contribution in [0.1, 0.15) is 40.2 Å². The van der Waals surface area contributed by atoms with Crippen LogP contribution in [0.15, 0.2) is 79.1 Å². The molecule has 46 heavy (non-hydrogen) atoms. The Balaban J connectivity index is 0.936. The van der Waals surface area contributed by atoms with Crippen molar-refractivity contribution in [2.45, 2.75) is 25.3 Å². The summed E-state index contributed by atoms with van der Waals surface area (Å²) in [6.07, 6.45) is 6.68. The van der Waals surface area contributed by atoms with E-state index in [4.69, 9.17) is 0 Å². The first-order valence-electron chi connectivity index (χ1n) is 15.2. The number of hydrogen-bond donors (Lipinski definition) is 2. The van der Waals surface area contributed by atoms with Gasteiger partial charge in [-0.2, -0.15) is 0 Å². The van der Waals surface area contributed by atoms with Crippen molar-refractivity contribution in [2.75, 3.05) is 42.9 Å². The number of rotatable bonds is 10. The van der Waals surface area contributed by atoms with Crippen molar-refractivity contribution in [1.82, 2.24) is 20.1 Å². The number of hydrogen-bond acceptors (Lipinski definition) is 7. The van der Waals surface area contributed by atoms with Gasteiger partial charge < -0.3 is 20.4 Å². The Morgan fingerprint density at radius 1 is 0.935 bits per heavy atom. The van der Waals surface area contributed by atoms with Crippen LogP contribution in [0.4, 0.5) is 15.8 Å². The van der Waals surface area contributed by atoms with Crippen molar-refractivity contribution in [1.29, 1.82) is 0 Å². The lowest BCUT2D eigenvalue weighted by molar-refractivity contribution is -0.138. The van der Waals surface area contributed by atoms with Crippen LogP contribution in [0.5, 0.6) is 0 Å². The molecule has 3 aromatic rings. The maximum Gasteiger partial charge on any atom is 0.253 e. The summed E-state index contributed by atoms with van der Waals surface area (Å²) in [7, 11) is 0. The quantitative estimate of drug-likeness (QED) is 0.332. The maximum atomic E-state index is 14.8. The Bertz CT molecular complexity index is 1670. The molecule has 3 heterocycles. The smallest absolute Gasteiger partial charge is 0.253 e. The zero-order chi connectivity index (χ0) is 32.2. The summed E-state index contributed by atoms with van der Waals surface area (Å²) in [5.41, 5.74) is 3.01. The molecule has 1 saturated heterocycles. The number of nitrogens with zero attached hydrogens (tertiary/aromatic N) is 4. The zero-order valence-electron chi connectivity index (χ0n) is 25.0. The SMILES string of the molecule is O=C(NCc1ccc(NC(=O)C2C[C@@H]2c2cccnc2)cc1F)c1ccc(N2CCN(C(=O)CCN3C(=O)C=CC3=O)CC2)cc1. The number of piperazine rings is 1. The highest BCUT2D eigenvalue weighted by molar-refractivity contribution is 6.13. The third-order valence-electron chi connectivity index (χ3n) is 8.58. The molecule has 236 valence electrons. The second kappa shape index (κ2) is 13.3. The number of carbonyl (C=O) groups excluding carboxylic acids is 5. The zero-order valence-corrected chi connectivity index (χ0v) is 25.0. The molecule has 12 heteroatoms. The average molecular weight is 625 g/mol. The fraction of sp³-hybridized carbons (Fsp3) is 0.294. The van der Waals surface area contributed by atoms with E-state index >= 15 is 0 Å². The topological polar surface area (TPSA) is 132 Å². The van der Waals surface area contributed by atoms with E-state index < -0.39 is 17.6 Å². The highest BCUT2D eigenvalue weighted by atomic mass is 19.1. The molecule has 2 atom stereocenters. The van der Waals surface area contributed by atoms with Crippen molar-refractivity contribution in [3.05, 3.63) is 102 Å². The monoisotopic (exact) mass is 624 g/mol. The number of imide groups is 1. The number of benzene rings is 2. The van der Waals surface area contributed by atoms with Crippen molar-refractivity contribution in [3.8, 4) is 0 Å². The van der Waals surface area contributed by atoms with Gasteiger partial charge in [-0.1, -0.05) is 12.1 Å². The molecule has 1 saturated carbocycles. The largest absolute Gasteiger partial charge is 0.368 e. The van der Waals surface area contributed by atoms with Gasteiger partial charge in [0.1, 0.15) is 5.82 Å². The van der Waals surface area contributed by atoms with Crippen LogP contribution in [-0.4, -0.2) is 77.0 Å². The van der Waals surface area contributed by atoms with Crippen molar-refractivity contribution >= 4 is 40.9 Å². The van der Waals surface area contributed by atoms with Crippen LogP contribution in [0.25, 0.3) is 0 Å². The minimum atomic E-state index is -0.527. The highest BCUT2D eigenvalue weighted by Gasteiger charge is 2.44. The number of halogens is 1. The van der Waals surface area contributed by atoms with Gasteiger partial charge in [-0.15, -0.1) is 0 Å². The molecule has 2 aliphatic heterocycles. The molecular weight excluding hydrogens is 591 g/mol. The summed E-state index contributed by atoms with van der Waals surface area (Å²) in [5.74, 6) is -1.97. The first-order valence-corrected chi connectivity index (χ1v) is 15.2. The van der Waals surface area contributed by atoms with Gasteiger partial charge in [0.25, 0.3) is 17.7 Å². The van der Waals surface area contributed by atoms with Gasteiger partial charge in [0.2, 0.25) is 11.8 Å². The van der Waals surface area contributed by atoms with Gasteiger partial charge in [0.15, 0.2) is 0 Å². The molecule has 0 bridgehead atoms. The molecule has 2 aromatic carbocycles. The van der Waals surface area contributed by atoms with Gasteiger partial charge in [-0.25, -0.2) is 4.39 Å². The van der Waals surface area contributed by atoms with Crippen molar-refractivity contribution < 1.29 is 28.4 Å². The molecule has 11 nitrogen and oxygen atoms in total. The molecule has 1 aromatic heterocycles. The Morgan fingerprint density at radius 2 is 1.67 bits per heavy atom. The second-order valence-electron chi connectivity index (χ2n) is 11.5. The van der Waals surface area contributed by atoms with Crippen LogP contribution >= 0.6 is 0 Å². The Labute approximate surface area is 265 Å². The van der Waals surface area contributed by atoms with E-state index in [1.165, 1.54) is 18.2 Å². The van der Waals surface area contributed by atoms with Gasteiger partial charge in [-0.05, 0) is 60.4 Å². The predicted octanol–water partition coefficient (Wildman–Crippen LogP) is 2.86. The molecule has 2 fully saturated rings. The minimum Gasteiger partial charge on any atom is -0.368 e. The summed E-state index contributed by atoms with van der Waals surface area (Å²) in [4.78, 5) is 70.4. The fourth-order valence-corrected chi connectivity index (χ4v) is 5.78. The molecule has 2 N–H and O–H groups in total. The lowest BCUT2D eigenvalue weighted by Crippen LogP contribution is -2.49. The third-order valence-corrected chi connectivity index (χ3v) is 8.58. The molecule has 1 aliphatic carbocycles. The Hall–Kier alpha value is -5.39. The number of carbonyl (C=O) groups is 5. The normalized spacial score (nSPS) is 18.9. The average Bonchev–Trinajstić information content (AvgIpc) is 3.82. The van der Waals surface area contributed by atoms with E-state index in [1.807, 2.05) is 24.3 Å². The Morgan fingerprint density at radius 3 is 2.35 bits per heavy atom. The summed E-state index contributed by atoms with van der Waals surface area (Å²) < 4.78 is 14.8. The first-order chi connectivity index (χ1) is 22.3. The van der Waals surface area contributed by atoms with Crippen LogP contribution in [0.2, 0.25) is 0 Å². The van der Waals surface area contributed by atoms with Gasteiger partial charge in [0.05, 0.1) is 0 Å². The summed E-state index contributed by atoms with van der Waals surface area (Å²) >= 11 is 0. The van der Waals surface area contributed by atoms with E-state index in [0.29, 0.717) is 43.0 Å². The standard InChI is InChI=1S/C34H33FN6O5/c35-29-18-25(38-34(46)28-19-27(28)23-2-1-12-36-20-23)6-3-24(29)21-37-33(45)22-4-7-26(8-5-22)39-14-16-40(17-15-39)30(42)11-13-41-31(43)9-10-32(41)44/h1-10,12,18,20,27-28H,11,13-17,19,21H2,(H,37,45)(H,38,46)/t27-,28?/m1/s1. The van der Waals surface area contributed by atoms with E-state index in [0.717, 1.165) is 22.6 Å². The number of anilines is 2. The van der Waals surface area contributed by atoms with Gasteiger partial charge >= 0.3 is 0 Å². The highest BCUT2D eigenvalue weighted by Crippen LogP contribution is 2.47. The molecule has 1 unspecified atom stereocenters. The number of pyridine rings is 1. The second-order valence-corrected chi connectivity index (χ2v) is 11.5. The lowest BCUT2D eigenvalue weighted by atomic mass is 10.1. The van der Waals surface area contributed by atoms with Crippen LogP contribution in [0, 0.1) is 11.7 Å². The summed E-state index contributed by atoms with van der Waals surface area (Å²) in [6.45, 7) is 2.25. The van der Waals surface area contributed by atoms with E-state index in [2.05, 4.69) is 20.5 Å². The maximum absolute atomic E-state index is 14.8. The predicted molar refractivity (Wildman–Crippen MR) is 167 cm³/mol. The van der Waals surface area contributed by atoms with Crippen molar-refractivity contribution in [3.63, 3.8) is 0 Å². The van der Waals surface area contributed by atoms with Gasteiger partial charge in [0, 0.05) is 98.7 Å². The summed E-state index contributed by atoms with van der Waals surface area (Å²) in [5, 5.41) is 5.53. The lowest BCUT2D eigenvalue weighted by Gasteiger charge is -2.36. The fourth-order valence-electron chi connectivity index (χ4n) is 5.78. The number of nitrogens with one attached hydrogen (secondary N) is 2. The summed E-state index contributed by atoms with van der Waals surface area (Å²) in [6, 6.07) is 15.3. The number of amides is 5. The van der Waals surface area contributed by atoms with E-state index in [-0.39, 0.29) is 49.1 Å². The molecule has 5 amide bonds. The minimum absolute atomic E-state index is 0.0149. The van der Waals surface area contributed by atoms with Crippen LogP contribution in [0.3, 0.4) is 0 Å². The molecular formula is C34H33FN6O5. The van der Waals surface area contributed by atoms with Crippen LogP contribution in [-0.2, 0) is 25.7 Å². The molecule has 6 rings (SSSR count). The first kappa shape index (κ1) is 30.6. The molecule has 0 radical (unpaired) electrons.